The number of methoxy groups -OCH3 is 2. The third-order valence-corrected chi connectivity index (χ3v) is 1.98. The van der Waals surface area contributed by atoms with Crippen molar-refractivity contribution in [1.29, 1.82) is 0 Å². The molecule has 0 atom stereocenters. The number of carboxylic acids is 1. The van der Waals surface area contributed by atoms with Crippen LogP contribution in [0.2, 0.25) is 0 Å². The van der Waals surface area contributed by atoms with Gasteiger partial charge in [0.1, 0.15) is 5.56 Å². The Morgan fingerprint density at radius 2 is 1.78 bits per heavy atom. The highest BCUT2D eigenvalue weighted by Gasteiger charge is 2.19. The van der Waals surface area contributed by atoms with Gasteiger partial charge >= 0.3 is 5.97 Å². The lowest BCUT2D eigenvalue weighted by Gasteiger charge is -2.14. The summed E-state index contributed by atoms with van der Waals surface area (Å²) in [7, 11) is 2.83. The van der Waals surface area contributed by atoms with E-state index in [1.807, 2.05) is 0 Å². The average Bonchev–Trinajstić information content (AvgIpc) is 2.34. The van der Waals surface area contributed by atoms with E-state index in [9.17, 15) is 9.90 Å². The zero-order valence-electron chi connectivity index (χ0n) is 10.0. The zero-order valence-corrected chi connectivity index (χ0v) is 10.0. The van der Waals surface area contributed by atoms with Crippen molar-refractivity contribution in [2.24, 2.45) is 0 Å². The average molecular weight is 258 g/mol. The molecule has 2 N–H and O–H groups in total. The van der Waals surface area contributed by atoms with Gasteiger partial charge in [0.05, 0.1) is 0 Å². The molecule has 0 amide bonds. The number of benzene rings is 1. The van der Waals surface area contributed by atoms with Crippen LogP contribution >= 0.6 is 0 Å². The van der Waals surface area contributed by atoms with Gasteiger partial charge in [-0.2, -0.15) is 0 Å². The maximum absolute atomic E-state index is 10.9. The van der Waals surface area contributed by atoms with Crippen LogP contribution in [0.4, 0.5) is 0 Å². The van der Waals surface area contributed by atoms with Crippen LogP contribution in [0.3, 0.4) is 0 Å². The van der Waals surface area contributed by atoms with Crippen molar-refractivity contribution < 1.29 is 34.0 Å². The number of carboxylic acid groups (broad SMARTS) is 1. The van der Waals surface area contributed by atoms with Gasteiger partial charge < -0.3 is 29.2 Å². The van der Waals surface area contributed by atoms with Gasteiger partial charge in [-0.15, -0.1) is 0 Å². The van der Waals surface area contributed by atoms with Gasteiger partial charge in [-0.25, -0.2) is 4.79 Å². The summed E-state index contributed by atoms with van der Waals surface area (Å²) in [5.41, 5.74) is -0.286. The molecule has 0 aliphatic carbocycles. The molecule has 7 heteroatoms. The summed E-state index contributed by atoms with van der Waals surface area (Å²) in [6.45, 7) is -0.213. The molecule has 0 fully saturated rings. The van der Waals surface area contributed by atoms with Crippen molar-refractivity contribution in [3.05, 3.63) is 17.7 Å². The number of aromatic carboxylic acids is 1. The molecule has 0 unspecified atom stereocenters. The first-order valence-corrected chi connectivity index (χ1v) is 4.94. The second-order valence-corrected chi connectivity index (χ2v) is 3.20. The van der Waals surface area contributed by atoms with E-state index in [4.69, 9.17) is 24.1 Å². The number of hydrogen-bond donors (Lipinski definition) is 2. The summed E-state index contributed by atoms with van der Waals surface area (Å²) in [5, 5.41) is 18.7. The number of rotatable bonds is 7. The second-order valence-electron chi connectivity index (χ2n) is 3.20. The van der Waals surface area contributed by atoms with Crippen LogP contribution < -0.4 is 9.47 Å². The van der Waals surface area contributed by atoms with E-state index in [0.717, 1.165) is 0 Å². The van der Waals surface area contributed by atoms with E-state index < -0.39 is 11.7 Å². The first-order chi connectivity index (χ1) is 8.61. The maximum Gasteiger partial charge on any atom is 0.339 e. The largest absolute Gasteiger partial charge is 0.504 e. The highest BCUT2D eigenvalue weighted by Crippen LogP contribution is 2.39. The smallest absolute Gasteiger partial charge is 0.339 e. The van der Waals surface area contributed by atoms with E-state index in [2.05, 4.69) is 0 Å². The normalized spacial score (nSPS) is 10.1. The molecular formula is C11H14O7. The monoisotopic (exact) mass is 258 g/mol. The quantitative estimate of drug-likeness (QED) is 0.706. The summed E-state index contributed by atoms with van der Waals surface area (Å²) in [4.78, 5) is 10.9. The summed E-state index contributed by atoms with van der Waals surface area (Å²) in [6, 6.07) is 2.58. The number of ether oxygens (including phenoxy) is 4. The maximum atomic E-state index is 10.9. The predicted molar refractivity (Wildman–Crippen MR) is 60.1 cm³/mol. The Morgan fingerprint density at radius 3 is 2.33 bits per heavy atom. The van der Waals surface area contributed by atoms with E-state index in [1.54, 1.807) is 0 Å². The van der Waals surface area contributed by atoms with Crippen molar-refractivity contribution >= 4 is 5.97 Å². The molecule has 0 aliphatic rings. The molecule has 0 saturated heterocycles. The van der Waals surface area contributed by atoms with Gasteiger partial charge in [0, 0.05) is 14.2 Å². The number of carbonyl (C=O) groups is 1. The lowest BCUT2D eigenvalue weighted by Crippen LogP contribution is -2.06. The lowest BCUT2D eigenvalue weighted by molar-refractivity contribution is 0.0306. The minimum Gasteiger partial charge on any atom is -0.504 e. The van der Waals surface area contributed by atoms with E-state index in [-0.39, 0.29) is 30.6 Å². The molecule has 0 saturated carbocycles. The van der Waals surface area contributed by atoms with Crippen molar-refractivity contribution in [3.8, 4) is 17.2 Å². The van der Waals surface area contributed by atoms with E-state index in [1.165, 1.54) is 26.4 Å². The van der Waals surface area contributed by atoms with Crippen LogP contribution in [0, 0.1) is 0 Å². The molecule has 0 bridgehead atoms. The summed E-state index contributed by atoms with van der Waals surface area (Å²) >= 11 is 0. The van der Waals surface area contributed by atoms with Gasteiger partial charge in [-0.05, 0) is 12.1 Å². The first-order valence-electron chi connectivity index (χ1n) is 4.94. The molecular weight excluding hydrogens is 244 g/mol. The molecule has 7 nitrogen and oxygen atoms in total. The van der Waals surface area contributed by atoms with Crippen LogP contribution in [-0.4, -0.2) is 44.0 Å². The van der Waals surface area contributed by atoms with Gasteiger partial charge in [0.2, 0.25) is 5.75 Å². The van der Waals surface area contributed by atoms with Crippen LogP contribution in [0.25, 0.3) is 0 Å². The Labute approximate surface area is 103 Å². The minimum atomic E-state index is -1.27. The Bertz CT molecular complexity index is 416. The Hall–Kier alpha value is -1.99. The predicted octanol–water partition coefficient (Wildman–Crippen LogP) is 1.06. The van der Waals surface area contributed by atoms with Crippen LogP contribution in [-0.2, 0) is 9.47 Å². The third-order valence-electron chi connectivity index (χ3n) is 1.98. The topological polar surface area (TPSA) is 94.5 Å². The molecule has 1 aromatic rings. The fourth-order valence-corrected chi connectivity index (χ4v) is 1.22. The number of hydrogen-bond acceptors (Lipinski definition) is 6. The Balaban J connectivity index is 3.09. The second kappa shape index (κ2) is 6.67. The fourth-order valence-electron chi connectivity index (χ4n) is 1.22. The van der Waals surface area contributed by atoms with Gasteiger partial charge in [0.25, 0.3) is 0 Å². The highest BCUT2D eigenvalue weighted by molar-refractivity contribution is 5.92. The van der Waals surface area contributed by atoms with Crippen molar-refractivity contribution in [1.82, 2.24) is 0 Å². The molecule has 18 heavy (non-hydrogen) atoms. The minimum absolute atomic E-state index is 0.0603. The summed E-state index contributed by atoms with van der Waals surface area (Å²) in [5.74, 6) is -1.73. The molecule has 1 rings (SSSR count). The molecule has 0 heterocycles. The van der Waals surface area contributed by atoms with Gasteiger partial charge in [-0.3, -0.25) is 0 Å². The van der Waals surface area contributed by atoms with Crippen LogP contribution in [0.1, 0.15) is 10.4 Å². The Kier molecular flexibility index (Phi) is 5.22. The first kappa shape index (κ1) is 14.1. The van der Waals surface area contributed by atoms with E-state index >= 15 is 0 Å². The van der Waals surface area contributed by atoms with Crippen molar-refractivity contribution in [2.75, 3.05) is 27.8 Å². The molecule has 0 radical (unpaired) electrons. The van der Waals surface area contributed by atoms with Gasteiger partial charge in [0.15, 0.2) is 25.1 Å². The Morgan fingerprint density at radius 1 is 1.17 bits per heavy atom. The van der Waals surface area contributed by atoms with Crippen LogP contribution in [0.15, 0.2) is 12.1 Å². The molecule has 0 aliphatic heterocycles. The molecule has 0 spiro atoms. The van der Waals surface area contributed by atoms with Gasteiger partial charge in [-0.1, -0.05) is 0 Å². The number of phenols is 1. The highest BCUT2D eigenvalue weighted by atomic mass is 16.7. The lowest BCUT2D eigenvalue weighted by atomic mass is 10.1. The third kappa shape index (κ3) is 3.25. The van der Waals surface area contributed by atoms with Crippen LogP contribution in [0.5, 0.6) is 17.2 Å². The van der Waals surface area contributed by atoms with E-state index in [0.29, 0.717) is 0 Å². The fraction of sp³-hybridized carbons (Fsp3) is 0.364. The number of aromatic hydroxyl groups is 1. The molecule has 1 aromatic carbocycles. The zero-order chi connectivity index (χ0) is 13.5. The molecule has 0 aromatic heterocycles. The summed E-state index contributed by atoms with van der Waals surface area (Å²) in [6.07, 6.45) is 0. The SMILES string of the molecule is COCOc1ccc(C(=O)O)c(O)c1OCOC. The summed E-state index contributed by atoms with van der Waals surface area (Å²) < 4.78 is 19.6. The molecule has 100 valence electrons. The van der Waals surface area contributed by atoms with Crippen molar-refractivity contribution in [2.45, 2.75) is 0 Å². The van der Waals surface area contributed by atoms with Crippen molar-refractivity contribution in [3.63, 3.8) is 0 Å². The standard InChI is InChI=1S/C11H14O7/c1-15-5-17-8-4-3-7(11(13)14)9(12)10(8)18-6-16-2/h3-4,12H,5-6H2,1-2H3,(H,13,14).